The molecule has 0 radical (unpaired) electrons. The molecule has 9 heteroatoms. The molecule has 0 atom stereocenters. The molecule has 0 aliphatic carbocycles. The standard InChI is InChI=1S/C27H27N7O2/c1-28-23-6-5-9-29-27(23)17-34(20-10-21(35-3)13-22(11-20)36-4)19-7-8-24-25(12-19)32-26(15-30-24)18-14-31-33(2)16-18/h5-16,28H,17H2,1-4H3. The van der Waals surface area contributed by atoms with Crippen LogP contribution in [0.4, 0.5) is 17.1 Å². The van der Waals surface area contributed by atoms with Gasteiger partial charge >= 0.3 is 0 Å². The van der Waals surface area contributed by atoms with E-state index in [9.17, 15) is 0 Å². The van der Waals surface area contributed by atoms with Crippen LogP contribution in [-0.4, -0.2) is 46.0 Å². The summed E-state index contributed by atoms with van der Waals surface area (Å²) in [6, 6.07) is 15.8. The maximum absolute atomic E-state index is 5.55. The quantitative estimate of drug-likeness (QED) is 0.337. The van der Waals surface area contributed by atoms with Crippen molar-refractivity contribution in [2.24, 2.45) is 7.05 Å². The van der Waals surface area contributed by atoms with Gasteiger partial charge in [0.15, 0.2) is 0 Å². The Hall–Kier alpha value is -4.66. The molecule has 5 rings (SSSR count). The van der Waals surface area contributed by atoms with E-state index in [0.717, 1.165) is 45.0 Å². The third-order valence-electron chi connectivity index (χ3n) is 5.95. The first-order chi connectivity index (χ1) is 17.6. The maximum atomic E-state index is 5.55. The minimum atomic E-state index is 0.508. The summed E-state index contributed by atoms with van der Waals surface area (Å²) in [6.07, 6.45) is 7.28. The fourth-order valence-electron chi connectivity index (χ4n) is 4.08. The topological polar surface area (TPSA) is 90.2 Å². The molecule has 0 fully saturated rings. The molecule has 3 aromatic heterocycles. The summed E-state index contributed by atoms with van der Waals surface area (Å²) >= 11 is 0. The molecule has 0 spiro atoms. The van der Waals surface area contributed by atoms with E-state index in [1.807, 2.05) is 68.8 Å². The van der Waals surface area contributed by atoms with Crippen LogP contribution < -0.4 is 19.7 Å². The molecule has 9 nitrogen and oxygen atoms in total. The fourth-order valence-corrected chi connectivity index (χ4v) is 4.08. The molecule has 0 amide bonds. The lowest BCUT2D eigenvalue weighted by atomic mass is 10.1. The SMILES string of the molecule is CNc1cccnc1CN(c1cc(OC)cc(OC)c1)c1ccc2ncc(-c3cnn(C)c3)nc2c1. The zero-order valence-electron chi connectivity index (χ0n) is 20.6. The number of hydrogen-bond acceptors (Lipinski definition) is 8. The van der Waals surface area contributed by atoms with E-state index in [-0.39, 0.29) is 0 Å². The first-order valence-corrected chi connectivity index (χ1v) is 11.5. The highest BCUT2D eigenvalue weighted by molar-refractivity contribution is 5.83. The number of pyridine rings is 1. The number of aromatic nitrogens is 5. The summed E-state index contributed by atoms with van der Waals surface area (Å²) in [6.45, 7) is 0.508. The van der Waals surface area contributed by atoms with E-state index < -0.39 is 0 Å². The third kappa shape index (κ3) is 4.63. The lowest BCUT2D eigenvalue weighted by molar-refractivity contribution is 0.394. The second-order valence-corrected chi connectivity index (χ2v) is 8.24. The molecule has 0 bridgehead atoms. The second-order valence-electron chi connectivity index (χ2n) is 8.24. The highest BCUT2D eigenvalue weighted by Gasteiger charge is 2.17. The summed E-state index contributed by atoms with van der Waals surface area (Å²) in [5.74, 6) is 1.40. The maximum Gasteiger partial charge on any atom is 0.124 e. The van der Waals surface area contributed by atoms with E-state index in [1.165, 1.54) is 0 Å². The van der Waals surface area contributed by atoms with Crippen LogP contribution in [0.2, 0.25) is 0 Å². The van der Waals surface area contributed by atoms with Gasteiger partial charge < -0.3 is 19.7 Å². The molecular formula is C27H27N7O2. The highest BCUT2D eigenvalue weighted by Crippen LogP contribution is 2.35. The largest absolute Gasteiger partial charge is 0.497 e. The number of nitrogens with zero attached hydrogens (tertiary/aromatic N) is 6. The first kappa shape index (κ1) is 23.1. The number of anilines is 3. The molecule has 0 saturated carbocycles. The Bertz CT molecular complexity index is 1490. The van der Waals surface area contributed by atoms with E-state index in [1.54, 1.807) is 37.5 Å². The first-order valence-electron chi connectivity index (χ1n) is 11.5. The van der Waals surface area contributed by atoms with Gasteiger partial charge in [0.05, 0.1) is 61.3 Å². The van der Waals surface area contributed by atoms with Crippen molar-refractivity contribution < 1.29 is 9.47 Å². The number of methoxy groups -OCH3 is 2. The van der Waals surface area contributed by atoms with Crippen molar-refractivity contribution >= 4 is 28.1 Å². The van der Waals surface area contributed by atoms with Gasteiger partial charge in [-0.15, -0.1) is 0 Å². The number of ether oxygens (including phenoxy) is 2. The molecule has 0 aliphatic heterocycles. The minimum Gasteiger partial charge on any atom is -0.497 e. The van der Waals surface area contributed by atoms with Crippen LogP contribution in [0.5, 0.6) is 11.5 Å². The van der Waals surface area contributed by atoms with E-state index >= 15 is 0 Å². The van der Waals surface area contributed by atoms with Crippen LogP contribution in [0.1, 0.15) is 5.69 Å². The van der Waals surface area contributed by atoms with Crippen molar-refractivity contribution in [1.29, 1.82) is 0 Å². The average Bonchev–Trinajstić information content (AvgIpc) is 3.37. The molecule has 3 heterocycles. The Labute approximate surface area is 209 Å². The summed E-state index contributed by atoms with van der Waals surface area (Å²) < 4.78 is 12.9. The summed E-state index contributed by atoms with van der Waals surface area (Å²) in [4.78, 5) is 16.3. The smallest absolute Gasteiger partial charge is 0.124 e. The molecule has 0 aliphatic rings. The summed E-state index contributed by atoms with van der Waals surface area (Å²) in [5.41, 5.74) is 6.96. The van der Waals surface area contributed by atoms with Gasteiger partial charge in [0.1, 0.15) is 11.5 Å². The van der Waals surface area contributed by atoms with Crippen LogP contribution in [0, 0.1) is 0 Å². The monoisotopic (exact) mass is 481 g/mol. The summed E-state index contributed by atoms with van der Waals surface area (Å²) in [7, 11) is 7.07. The number of hydrogen-bond donors (Lipinski definition) is 1. The number of fused-ring (bicyclic) bond motifs is 1. The molecule has 182 valence electrons. The molecular weight excluding hydrogens is 454 g/mol. The zero-order chi connectivity index (χ0) is 25.1. The van der Waals surface area contributed by atoms with Gasteiger partial charge in [0.2, 0.25) is 0 Å². The minimum absolute atomic E-state index is 0.508. The van der Waals surface area contributed by atoms with Crippen molar-refractivity contribution in [3.63, 3.8) is 0 Å². The van der Waals surface area contributed by atoms with Crippen LogP contribution in [0.3, 0.4) is 0 Å². The predicted octanol–water partition coefficient (Wildman–Crippen LogP) is 4.82. The Morgan fingerprint density at radius 1 is 0.917 bits per heavy atom. The van der Waals surface area contributed by atoms with Gasteiger partial charge in [-0.1, -0.05) is 0 Å². The Morgan fingerprint density at radius 3 is 2.42 bits per heavy atom. The number of rotatable bonds is 8. The Kier molecular flexibility index (Phi) is 6.36. The van der Waals surface area contributed by atoms with E-state index in [0.29, 0.717) is 18.0 Å². The normalized spacial score (nSPS) is 10.9. The Balaban J connectivity index is 1.64. The van der Waals surface area contributed by atoms with Crippen molar-refractivity contribution in [3.05, 3.63) is 79.0 Å². The van der Waals surface area contributed by atoms with Crippen molar-refractivity contribution in [1.82, 2.24) is 24.7 Å². The molecule has 0 saturated heterocycles. The molecule has 36 heavy (non-hydrogen) atoms. The van der Waals surface area contributed by atoms with Gasteiger partial charge in [-0.2, -0.15) is 5.10 Å². The van der Waals surface area contributed by atoms with Crippen molar-refractivity contribution in [3.8, 4) is 22.8 Å². The van der Waals surface area contributed by atoms with Crippen molar-refractivity contribution in [2.75, 3.05) is 31.5 Å². The highest BCUT2D eigenvalue weighted by atomic mass is 16.5. The number of nitrogens with one attached hydrogen (secondary N) is 1. The number of benzene rings is 2. The van der Waals surface area contributed by atoms with Crippen LogP contribution in [0.15, 0.2) is 73.3 Å². The van der Waals surface area contributed by atoms with Gasteiger partial charge in [0.25, 0.3) is 0 Å². The van der Waals surface area contributed by atoms with Gasteiger partial charge in [-0.25, -0.2) is 4.98 Å². The van der Waals surface area contributed by atoms with E-state index in [4.69, 9.17) is 14.5 Å². The lowest BCUT2D eigenvalue weighted by Crippen LogP contribution is -2.18. The molecule has 5 aromatic rings. The van der Waals surface area contributed by atoms with E-state index in [2.05, 4.69) is 25.3 Å². The fraction of sp³-hybridized carbons (Fsp3) is 0.185. The average molecular weight is 482 g/mol. The van der Waals surface area contributed by atoms with Crippen LogP contribution >= 0.6 is 0 Å². The lowest BCUT2D eigenvalue weighted by Gasteiger charge is -2.26. The zero-order valence-corrected chi connectivity index (χ0v) is 20.6. The molecule has 0 unspecified atom stereocenters. The van der Waals surface area contributed by atoms with Crippen LogP contribution in [-0.2, 0) is 13.6 Å². The van der Waals surface area contributed by atoms with Gasteiger partial charge in [-0.05, 0) is 30.3 Å². The van der Waals surface area contributed by atoms with Crippen LogP contribution in [0.25, 0.3) is 22.3 Å². The van der Waals surface area contributed by atoms with Gasteiger partial charge in [-0.3, -0.25) is 14.6 Å². The Morgan fingerprint density at radius 2 is 1.72 bits per heavy atom. The molecule has 1 N–H and O–H groups in total. The second kappa shape index (κ2) is 9.91. The predicted molar refractivity (Wildman–Crippen MR) is 141 cm³/mol. The van der Waals surface area contributed by atoms with Gasteiger partial charge in [0, 0.05) is 61.6 Å². The third-order valence-corrected chi connectivity index (χ3v) is 5.95. The summed E-state index contributed by atoms with van der Waals surface area (Å²) in [5, 5.41) is 7.50. The molecule has 2 aromatic carbocycles. The van der Waals surface area contributed by atoms with Crippen molar-refractivity contribution in [2.45, 2.75) is 6.54 Å². The number of aryl methyl sites for hydroxylation is 1.